The van der Waals surface area contributed by atoms with Crippen molar-refractivity contribution in [2.45, 2.75) is 13.5 Å². The van der Waals surface area contributed by atoms with Crippen LogP contribution in [0.2, 0.25) is 5.02 Å². The number of pyridine rings is 1. The molecule has 0 aliphatic carbocycles. The minimum Gasteiger partial charge on any atom is -0.332 e. The average molecular weight is 347 g/mol. The molecule has 1 heterocycles. The Balaban J connectivity index is 2.08. The molecule has 0 atom stereocenters. The van der Waals surface area contributed by atoms with Crippen LogP contribution < -0.4 is 10.6 Å². The molecule has 24 heavy (non-hydrogen) atoms. The Morgan fingerprint density at radius 2 is 1.96 bits per heavy atom. The van der Waals surface area contributed by atoms with Gasteiger partial charge in [0.15, 0.2) is 0 Å². The normalized spacial score (nSPS) is 10.2. The average Bonchev–Trinajstić information content (AvgIpc) is 2.56. The largest absolute Gasteiger partial charge is 0.332 e. The van der Waals surface area contributed by atoms with E-state index in [1.807, 2.05) is 13.0 Å². The van der Waals surface area contributed by atoms with E-state index in [9.17, 15) is 9.59 Å². The molecule has 1 aromatic carbocycles. The number of rotatable bonds is 4. The van der Waals surface area contributed by atoms with Crippen LogP contribution in [0.25, 0.3) is 0 Å². The Kier molecular flexibility index (Phi) is 5.76. The predicted octanol–water partition coefficient (Wildman–Crippen LogP) is 3.07. The topological polar surface area (TPSA) is 74.3 Å². The van der Waals surface area contributed by atoms with Crippen molar-refractivity contribution in [3.05, 3.63) is 58.4 Å². The molecule has 2 aromatic rings. The number of hydrogen-bond donors (Lipinski definition) is 2. The van der Waals surface area contributed by atoms with E-state index in [-0.39, 0.29) is 18.5 Å². The van der Waals surface area contributed by atoms with Gasteiger partial charge in [-0.2, -0.15) is 0 Å². The van der Waals surface area contributed by atoms with Crippen molar-refractivity contribution in [2.75, 3.05) is 19.4 Å². The van der Waals surface area contributed by atoms with E-state index in [1.165, 1.54) is 11.1 Å². The lowest BCUT2D eigenvalue weighted by atomic mass is 10.1. The summed E-state index contributed by atoms with van der Waals surface area (Å²) >= 11 is 5.96. The summed E-state index contributed by atoms with van der Waals surface area (Å²) in [6.45, 7) is 2.13. The van der Waals surface area contributed by atoms with E-state index in [4.69, 9.17) is 11.6 Å². The van der Waals surface area contributed by atoms with Gasteiger partial charge < -0.3 is 15.5 Å². The highest BCUT2D eigenvalue weighted by Gasteiger charge is 2.10. The molecular formula is C17H19ClN4O2. The summed E-state index contributed by atoms with van der Waals surface area (Å²) in [5.74, 6) is -0.261. The summed E-state index contributed by atoms with van der Waals surface area (Å²) < 4.78 is 0. The maximum absolute atomic E-state index is 12.4. The van der Waals surface area contributed by atoms with Gasteiger partial charge in [-0.25, -0.2) is 4.79 Å². The third-order valence-electron chi connectivity index (χ3n) is 3.35. The fourth-order valence-electron chi connectivity index (χ4n) is 1.96. The molecule has 6 nitrogen and oxygen atoms in total. The van der Waals surface area contributed by atoms with Gasteiger partial charge in [-0.3, -0.25) is 9.78 Å². The second-order valence-corrected chi connectivity index (χ2v) is 5.94. The second-order valence-electron chi connectivity index (χ2n) is 5.50. The Morgan fingerprint density at radius 1 is 1.21 bits per heavy atom. The number of urea groups is 1. The highest BCUT2D eigenvalue weighted by molar-refractivity contribution is 6.31. The minimum absolute atomic E-state index is 0.221. The molecule has 2 rings (SSSR count). The summed E-state index contributed by atoms with van der Waals surface area (Å²) in [6, 6.07) is 8.35. The van der Waals surface area contributed by atoms with Gasteiger partial charge in [0.25, 0.3) is 5.91 Å². The van der Waals surface area contributed by atoms with Crippen LogP contribution in [-0.2, 0) is 6.54 Å². The van der Waals surface area contributed by atoms with E-state index in [1.54, 1.807) is 38.4 Å². The van der Waals surface area contributed by atoms with Crippen molar-refractivity contribution >= 4 is 29.2 Å². The van der Waals surface area contributed by atoms with Crippen LogP contribution in [0.3, 0.4) is 0 Å². The van der Waals surface area contributed by atoms with Crippen molar-refractivity contribution in [1.29, 1.82) is 0 Å². The molecule has 2 N–H and O–H groups in total. The summed E-state index contributed by atoms with van der Waals surface area (Å²) in [5.41, 5.74) is 2.63. The summed E-state index contributed by atoms with van der Waals surface area (Å²) in [5, 5.41) is 6.09. The van der Waals surface area contributed by atoms with E-state index in [2.05, 4.69) is 15.6 Å². The lowest BCUT2D eigenvalue weighted by Crippen LogP contribution is -2.34. The van der Waals surface area contributed by atoms with E-state index < -0.39 is 0 Å². The number of halogens is 1. The van der Waals surface area contributed by atoms with Gasteiger partial charge in [-0.05, 0) is 36.8 Å². The third-order valence-corrected chi connectivity index (χ3v) is 3.59. The van der Waals surface area contributed by atoms with E-state index >= 15 is 0 Å². The zero-order valence-corrected chi connectivity index (χ0v) is 14.5. The highest BCUT2D eigenvalue weighted by atomic mass is 35.5. The van der Waals surface area contributed by atoms with Crippen LogP contribution in [0.1, 0.15) is 21.6 Å². The fourth-order valence-corrected chi connectivity index (χ4v) is 2.14. The first-order chi connectivity index (χ1) is 11.4. The first-order valence-corrected chi connectivity index (χ1v) is 7.72. The lowest BCUT2D eigenvalue weighted by Gasteiger charge is -2.12. The zero-order chi connectivity index (χ0) is 17.7. The molecular weight excluding hydrogens is 328 g/mol. The number of nitrogens with one attached hydrogen (secondary N) is 2. The number of carbonyl (C=O) groups is 2. The van der Waals surface area contributed by atoms with Crippen LogP contribution in [0, 0.1) is 6.92 Å². The summed E-state index contributed by atoms with van der Waals surface area (Å²) in [4.78, 5) is 29.5. The monoisotopic (exact) mass is 346 g/mol. The standard InChI is InChI=1S/C17H19ClN4O2/c1-11-4-5-13(18)9-15(11)21-16(23)12-6-7-19-14(8-12)10-20-17(24)22(2)3/h4-9H,10H2,1-3H3,(H,20,24)(H,21,23). The minimum atomic E-state index is -0.261. The van der Waals surface area contributed by atoms with E-state index in [0.29, 0.717) is 22.0 Å². The maximum Gasteiger partial charge on any atom is 0.317 e. The molecule has 0 saturated carbocycles. The van der Waals surface area contributed by atoms with Crippen LogP contribution in [0.4, 0.5) is 10.5 Å². The first kappa shape index (κ1) is 17.7. The van der Waals surface area contributed by atoms with Gasteiger partial charge >= 0.3 is 6.03 Å². The molecule has 0 aliphatic heterocycles. The third kappa shape index (κ3) is 4.70. The Bertz CT molecular complexity index is 762. The predicted molar refractivity (Wildman–Crippen MR) is 94.3 cm³/mol. The molecule has 0 bridgehead atoms. The number of hydrogen-bond acceptors (Lipinski definition) is 3. The number of carbonyl (C=O) groups excluding carboxylic acids is 2. The number of nitrogens with zero attached hydrogens (tertiary/aromatic N) is 2. The molecule has 126 valence electrons. The van der Waals surface area contributed by atoms with Crippen molar-refractivity contribution in [3.63, 3.8) is 0 Å². The fraction of sp³-hybridized carbons (Fsp3) is 0.235. The molecule has 0 fully saturated rings. The SMILES string of the molecule is Cc1ccc(Cl)cc1NC(=O)c1ccnc(CNC(=O)N(C)C)c1. The van der Waals surface area contributed by atoms with Gasteiger partial charge in [-0.1, -0.05) is 17.7 Å². The van der Waals surface area contributed by atoms with Crippen molar-refractivity contribution in [1.82, 2.24) is 15.2 Å². The van der Waals surface area contributed by atoms with Crippen LogP contribution in [0.15, 0.2) is 36.5 Å². The van der Waals surface area contributed by atoms with Crippen molar-refractivity contribution in [3.8, 4) is 0 Å². The van der Waals surface area contributed by atoms with Crippen LogP contribution >= 0.6 is 11.6 Å². The second kappa shape index (κ2) is 7.79. The van der Waals surface area contributed by atoms with Gasteiger partial charge in [0.05, 0.1) is 12.2 Å². The molecule has 0 unspecified atom stereocenters. The number of amides is 3. The van der Waals surface area contributed by atoms with Gasteiger partial charge in [0.1, 0.15) is 0 Å². The smallest absolute Gasteiger partial charge is 0.317 e. The van der Waals surface area contributed by atoms with Crippen LogP contribution in [0.5, 0.6) is 0 Å². The Hall–Kier alpha value is -2.60. The van der Waals surface area contributed by atoms with Gasteiger partial charge in [0, 0.05) is 36.6 Å². The van der Waals surface area contributed by atoms with Gasteiger partial charge in [-0.15, -0.1) is 0 Å². The van der Waals surface area contributed by atoms with Crippen molar-refractivity contribution < 1.29 is 9.59 Å². The number of anilines is 1. The molecule has 3 amide bonds. The van der Waals surface area contributed by atoms with Gasteiger partial charge in [0.2, 0.25) is 0 Å². The quantitative estimate of drug-likeness (QED) is 0.893. The molecule has 1 aromatic heterocycles. The summed E-state index contributed by atoms with van der Waals surface area (Å²) in [6.07, 6.45) is 1.54. The maximum atomic E-state index is 12.4. The number of aryl methyl sites for hydroxylation is 1. The Labute approximate surface area is 145 Å². The van der Waals surface area contributed by atoms with Crippen molar-refractivity contribution in [2.24, 2.45) is 0 Å². The Morgan fingerprint density at radius 3 is 2.67 bits per heavy atom. The molecule has 0 radical (unpaired) electrons. The number of aromatic nitrogens is 1. The van der Waals surface area contributed by atoms with E-state index in [0.717, 1.165) is 5.56 Å². The summed E-state index contributed by atoms with van der Waals surface area (Å²) in [7, 11) is 3.31. The zero-order valence-electron chi connectivity index (χ0n) is 13.8. The number of benzene rings is 1. The van der Waals surface area contributed by atoms with Crippen LogP contribution in [-0.4, -0.2) is 35.9 Å². The molecule has 7 heteroatoms. The lowest BCUT2D eigenvalue weighted by molar-refractivity contribution is 0.102. The molecule has 0 spiro atoms. The first-order valence-electron chi connectivity index (χ1n) is 7.34. The molecule has 0 saturated heterocycles. The molecule has 0 aliphatic rings. The highest BCUT2D eigenvalue weighted by Crippen LogP contribution is 2.20.